The number of anilines is 1. The van der Waals surface area contributed by atoms with Crippen molar-refractivity contribution < 1.29 is 9.53 Å². The summed E-state index contributed by atoms with van der Waals surface area (Å²) < 4.78 is 7.05. The molecule has 1 aromatic heterocycles. The van der Waals surface area contributed by atoms with Crippen molar-refractivity contribution in [3.8, 4) is 5.75 Å². The summed E-state index contributed by atoms with van der Waals surface area (Å²) in [6.45, 7) is 0. The summed E-state index contributed by atoms with van der Waals surface area (Å²) in [7, 11) is 3.54. The molecule has 1 N–H and O–H groups in total. The number of carbonyl (C=O) groups is 1. The maximum absolute atomic E-state index is 11.8. The maximum atomic E-state index is 11.8. The van der Waals surface area contributed by atoms with Crippen LogP contribution in [-0.2, 0) is 11.8 Å². The molecule has 2 rings (SSSR count). The fourth-order valence-electron chi connectivity index (χ4n) is 1.65. The molecule has 6 heteroatoms. The second-order valence-electron chi connectivity index (χ2n) is 4.20. The SMILES string of the molecule is COc1cccc(NC(=O)CCSc2nccn2C)c1. The van der Waals surface area contributed by atoms with E-state index in [4.69, 9.17) is 4.74 Å². The van der Waals surface area contributed by atoms with Crippen LogP contribution in [0.4, 0.5) is 5.69 Å². The van der Waals surface area contributed by atoms with Crippen LogP contribution in [0.25, 0.3) is 0 Å². The number of imidazole rings is 1. The van der Waals surface area contributed by atoms with E-state index in [-0.39, 0.29) is 5.91 Å². The lowest BCUT2D eigenvalue weighted by Crippen LogP contribution is -2.12. The molecule has 0 aliphatic rings. The van der Waals surface area contributed by atoms with Gasteiger partial charge in [0, 0.05) is 43.4 Å². The average molecular weight is 291 g/mol. The van der Waals surface area contributed by atoms with Crippen molar-refractivity contribution >= 4 is 23.4 Å². The van der Waals surface area contributed by atoms with E-state index in [2.05, 4.69) is 10.3 Å². The third-order valence-corrected chi connectivity index (χ3v) is 3.75. The fraction of sp³-hybridized carbons (Fsp3) is 0.286. The molecule has 1 amide bonds. The largest absolute Gasteiger partial charge is 0.497 e. The zero-order chi connectivity index (χ0) is 14.4. The highest BCUT2D eigenvalue weighted by atomic mass is 32.2. The molecule has 0 saturated carbocycles. The molecule has 0 aliphatic heterocycles. The van der Waals surface area contributed by atoms with Crippen LogP contribution < -0.4 is 10.1 Å². The molecule has 0 spiro atoms. The second kappa shape index (κ2) is 7.00. The van der Waals surface area contributed by atoms with Gasteiger partial charge in [-0.3, -0.25) is 4.79 Å². The lowest BCUT2D eigenvalue weighted by Gasteiger charge is -2.07. The normalized spacial score (nSPS) is 10.3. The first kappa shape index (κ1) is 14.5. The van der Waals surface area contributed by atoms with E-state index in [1.54, 1.807) is 31.1 Å². The van der Waals surface area contributed by atoms with Crippen molar-refractivity contribution in [2.45, 2.75) is 11.6 Å². The minimum Gasteiger partial charge on any atom is -0.497 e. The van der Waals surface area contributed by atoms with Crippen molar-refractivity contribution in [2.24, 2.45) is 7.05 Å². The maximum Gasteiger partial charge on any atom is 0.225 e. The van der Waals surface area contributed by atoms with Gasteiger partial charge in [-0.1, -0.05) is 17.8 Å². The predicted molar refractivity (Wildman–Crippen MR) is 80.2 cm³/mol. The smallest absolute Gasteiger partial charge is 0.225 e. The van der Waals surface area contributed by atoms with Crippen LogP contribution in [0.2, 0.25) is 0 Å². The monoisotopic (exact) mass is 291 g/mol. The molecule has 0 aliphatic carbocycles. The second-order valence-corrected chi connectivity index (χ2v) is 5.26. The first-order valence-electron chi connectivity index (χ1n) is 6.23. The van der Waals surface area contributed by atoms with Crippen molar-refractivity contribution in [3.63, 3.8) is 0 Å². The molecule has 5 nitrogen and oxygen atoms in total. The number of nitrogens with one attached hydrogen (secondary N) is 1. The number of nitrogens with zero attached hydrogens (tertiary/aromatic N) is 2. The van der Waals surface area contributed by atoms with Crippen molar-refractivity contribution in [1.29, 1.82) is 0 Å². The van der Waals surface area contributed by atoms with Crippen LogP contribution in [-0.4, -0.2) is 28.3 Å². The lowest BCUT2D eigenvalue weighted by molar-refractivity contribution is -0.115. The van der Waals surface area contributed by atoms with Crippen LogP contribution >= 0.6 is 11.8 Å². The number of thioether (sulfide) groups is 1. The van der Waals surface area contributed by atoms with Gasteiger partial charge in [0.25, 0.3) is 0 Å². The molecular weight excluding hydrogens is 274 g/mol. The Morgan fingerprint density at radius 3 is 3.05 bits per heavy atom. The van der Waals surface area contributed by atoms with Crippen molar-refractivity contribution in [1.82, 2.24) is 9.55 Å². The fourth-order valence-corrected chi connectivity index (χ4v) is 2.52. The van der Waals surface area contributed by atoms with E-state index in [1.165, 1.54) is 0 Å². The number of rotatable bonds is 6. The van der Waals surface area contributed by atoms with Gasteiger partial charge in [-0.25, -0.2) is 4.98 Å². The summed E-state index contributed by atoms with van der Waals surface area (Å²) in [4.78, 5) is 16.0. The Morgan fingerprint density at radius 1 is 1.50 bits per heavy atom. The van der Waals surface area contributed by atoms with Gasteiger partial charge in [0.15, 0.2) is 5.16 Å². The summed E-state index contributed by atoms with van der Waals surface area (Å²) >= 11 is 1.57. The van der Waals surface area contributed by atoms with Gasteiger partial charge in [0.1, 0.15) is 5.75 Å². The summed E-state index contributed by atoms with van der Waals surface area (Å²) in [5, 5.41) is 3.77. The minimum atomic E-state index is -0.0139. The first-order valence-corrected chi connectivity index (χ1v) is 7.21. The molecule has 20 heavy (non-hydrogen) atoms. The Kier molecular flexibility index (Phi) is 5.06. The number of ether oxygens (including phenoxy) is 1. The van der Waals surface area contributed by atoms with Crippen LogP contribution in [0.15, 0.2) is 41.8 Å². The van der Waals surface area contributed by atoms with E-state index < -0.39 is 0 Å². The zero-order valence-corrected chi connectivity index (χ0v) is 12.3. The number of carbonyl (C=O) groups excluding carboxylic acids is 1. The van der Waals surface area contributed by atoms with Gasteiger partial charge in [-0.2, -0.15) is 0 Å². The highest BCUT2D eigenvalue weighted by molar-refractivity contribution is 7.99. The third-order valence-electron chi connectivity index (χ3n) is 2.69. The van der Waals surface area contributed by atoms with Gasteiger partial charge in [-0.15, -0.1) is 0 Å². The zero-order valence-electron chi connectivity index (χ0n) is 11.5. The predicted octanol–water partition coefficient (Wildman–Crippen LogP) is 2.55. The highest BCUT2D eigenvalue weighted by Crippen LogP contribution is 2.18. The Bertz CT molecular complexity index is 583. The standard InChI is InChI=1S/C14H17N3O2S/c1-17-8-7-15-14(17)20-9-6-13(18)16-11-4-3-5-12(10-11)19-2/h3-5,7-8,10H,6,9H2,1-2H3,(H,16,18). The van der Waals surface area contributed by atoms with Gasteiger partial charge in [0.2, 0.25) is 5.91 Å². The Morgan fingerprint density at radius 2 is 2.35 bits per heavy atom. The molecule has 0 atom stereocenters. The first-order chi connectivity index (χ1) is 9.69. The van der Waals surface area contributed by atoms with Gasteiger partial charge >= 0.3 is 0 Å². The van der Waals surface area contributed by atoms with Crippen LogP contribution in [0, 0.1) is 0 Å². The third kappa shape index (κ3) is 4.03. The molecule has 0 saturated heterocycles. The number of benzene rings is 1. The summed E-state index contributed by atoms with van der Waals surface area (Å²) in [6.07, 6.45) is 4.08. The van der Waals surface area contributed by atoms with E-state index in [0.29, 0.717) is 12.2 Å². The molecule has 0 bridgehead atoms. The van der Waals surface area contributed by atoms with Gasteiger partial charge in [-0.05, 0) is 12.1 Å². The molecule has 106 valence electrons. The Balaban J connectivity index is 1.79. The number of aryl methyl sites for hydroxylation is 1. The summed E-state index contributed by atoms with van der Waals surface area (Å²) in [6, 6.07) is 7.32. The van der Waals surface area contributed by atoms with E-state index in [1.807, 2.05) is 36.0 Å². The molecular formula is C14H17N3O2S. The molecule has 1 aromatic carbocycles. The summed E-state index contributed by atoms with van der Waals surface area (Å²) in [5.41, 5.74) is 0.747. The average Bonchev–Trinajstić information content (AvgIpc) is 2.85. The van der Waals surface area contributed by atoms with E-state index in [9.17, 15) is 4.79 Å². The lowest BCUT2D eigenvalue weighted by atomic mass is 10.3. The van der Waals surface area contributed by atoms with E-state index in [0.717, 1.165) is 16.6 Å². The molecule has 1 heterocycles. The molecule has 0 fully saturated rings. The topological polar surface area (TPSA) is 56.1 Å². The highest BCUT2D eigenvalue weighted by Gasteiger charge is 2.05. The van der Waals surface area contributed by atoms with Crippen LogP contribution in [0.3, 0.4) is 0 Å². The number of methoxy groups -OCH3 is 1. The quantitative estimate of drug-likeness (QED) is 0.831. The number of aromatic nitrogens is 2. The van der Waals surface area contributed by atoms with Crippen molar-refractivity contribution in [2.75, 3.05) is 18.2 Å². The van der Waals surface area contributed by atoms with Crippen LogP contribution in [0.5, 0.6) is 5.75 Å². The molecule has 2 aromatic rings. The molecule has 0 unspecified atom stereocenters. The van der Waals surface area contributed by atoms with E-state index >= 15 is 0 Å². The summed E-state index contributed by atoms with van der Waals surface area (Å²) in [5.74, 6) is 1.41. The Labute approximate surface area is 122 Å². The Hall–Kier alpha value is -1.95. The molecule has 0 radical (unpaired) electrons. The number of hydrogen-bond donors (Lipinski definition) is 1. The van der Waals surface area contributed by atoms with Crippen molar-refractivity contribution in [3.05, 3.63) is 36.7 Å². The number of hydrogen-bond acceptors (Lipinski definition) is 4. The van der Waals surface area contributed by atoms with Gasteiger partial charge in [0.05, 0.1) is 7.11 Å². The number of amides is 1. The minimum absolute atomic E-state index is 0.0139. The van der Waals surface area contributed by atoms with Crippen LogP contribution in [0.1, 0.15) is 6.42 Å². The van der Waals surface area contributed by atoms with Gasteiger partial charge < -0.3 is 14.6 Å².